The van der Waals surface area contributed by atoms with E-state index < -0.39 is 0 Å². The first-order valence-electron chi connectivity index (χ1n) is 6.65. The topological polar surface area (TPSA) is 21.3 Å². The Hall–Kier alpha value is -1.02. The molecule has 0 aliphatic rings. The normalized spacial score (nSPS) is 12.4. The molecule has 1 N–H and O–H groups in total. The summed E-state index contributed by atoms with van der Waals surface area (Å²) in [5.74, 6) is 0.990. The van der Waals surface area contributed by atoms with Crippen molar-refractivity contribution in [2.24, 2.45) is 0 Å². The number of unbranched alkanes of at least 4 members (excludes halogenated alkanes) is 1. The summed E-state index contributed by atoms with van der Waals surface area (Å²) >= 11 is 0. The van der Waals surface area contributed by atoms with Gasteiger partial charge in [0.1, 0.15) is 5.75 Å². The van der Waals surface area contributed by atoms with Crippen molar-refractivity contribution in [1.29, 1.82) is 0 Å². The van der Waals surface area contributed by atoms with Crippen LogP contribution in [-0.2, 0) is 6.42 Å². The lowest BCUT2D eigenvalue weighted by molar-refractivity contribution is 0.302. The Balaban J connectivity index is 2.13. The highest BCUT2D eigenvalue weighted by molar-refractivity contribution is 5.27. The molecule has 1 atom stereocenters. The van der Waals surface area contributed by atoms with Gasteiger partial charge in [0.2, 0.25) is 0 Å². The van der Waals surface area contributed by atoms with Gasteiger partial charge in [-0.1, -0.05) is 19.1 Å². The lowest BCUT2D eigenvalue weighted by Crippen LogP contribution is -2.20. The molecule has 0 saturated heterocycles. The number of rotatable bonds is 8. The number of nitrogens with one attached hydrogen (secondary N) is 1. The minimum atomic E-state index is 0.610. The predicted octanol–water partition coefficient (Wildman–Crippen LogP) is 3.41. The van der Waals surface area contributed by atoms with Crippen molar-refractivity contribution in [3.05, 3.63) is 29.8 Å². The third-order valence-corrected chi connectivity index (χ3v) is 3.12. The van der Waals surface area contributed by atoms with E-state index in [1.807, 2.05) is 7.05 Å². The number of aryl methyl sites for hydroxylation is 1. The zero-order valence-electron chi connectivity index (χ0n) is 11.3. The van der Waals surface area contributed by atoms with E-state index >= 15 is 0 Å². The van der Waals surface area contributed by atoms with Crippen LogP contribution in [-0.4, -0.2) is 19.7 Å². The minimum absolute atomic E-state index is 0.610. The maximum absolute atomic E-state index is 5.70. The van der Waals surface area contributed by atoms with E-state index in [4.69, 9.17) is 4.74 Å². The molecular weight excluding hydrogens is 210 g/mol. The van der Waals surface area contributed by atoms with E-state index in [2.05, 4.69) is 43.4 Å². The van der Waals surface area contributed by atoms with Gasteiger partial charge in [-0.15, -0.1) is 0 Å². The van der Waals surface area contributed by atoms with E-state index in [0.29, 0.717) is 6.04 Å². The van der Waals surface area contributed by atoms with Gasteiger partial charge >= 0.3 is 0 Å². The molecule has 1 rings (SSSR count). The summed E-state index contributed by atoms with van der Waals surface area (Å²) < 4.78 is 5.70. The molecule has 0 spiro atoms. The van der Waals surface area contributed by atoms with Gasteiger partial charge in [0.15, 0.2) is 0 Å². The van der Waals surface area contributed by atoms with Crippen LogP contribution >= 0.6 is 0 Å². The average Bonchev–Trinajstić information content (AvgIpc) is 2.38. The van der Waals surface area contributed by atoms with Crippen molar-refractivity contribution in [1.82, 2.24) is 5.32 Å². The molecule has 0 fully saturated rings. The van der Waals surface area contributed by atoms with Crippen LogP contribution in [0.25, 0.3) is 0 Å². The van der Waals surface area contributed by atoms with Crippen molar-refractivity contribution in [2.45, 2.75) is 45.6 Å². The average molecular weight is 235 g/mol. The minimum Gasteiger partial charge on any atom is -0.494 e. The zero-order chi connectivity index (χ0) is 12.5. The summed E-state index contributed by atoms with van der Waals surface area (Å²) in [4.78, 5) is 0. The molecule has 2 nitrogen and oxygen atoms in total. The molecule has 17 heavy (non-hydrogen) atoms. The van der Waals surface area contributed by atoms with Gasteiger partial charge in [-0.3, -0.25) is 0 Å². The smallest absolute Gasteiger partial charge is 0.119 e. The lowest BCUT2D eigenvalue weighted by atomic mass is 10.1. The van der Waals surface area contributed by atoms with Crippen molar-refractivity contribution in [2.75, 3.05) is 13.7 Å². The first-order valence-corrected chi connectivity index (χ1v) is 6.65. The molecule has 2 heteroatoms. The summed E-state index contributed by atoms with van der Waals surface area (Å²) in [6.45, 7) is 5.20. The van der Waals surface area contributed by atoms with Crippen LogP contribution < -0.4 is 10.1 Å². The first kappa shape index (κ1) is 14.0. The molecule has 1 unspecified atom stereocenters. The fourth-order valence-electron chi connectivity index (χ4n) is 1.71. The highest BCUT2D eigenvalue weighted by atomic mass is 16.5. The largest absolute Gasteiger partial charge is 0.494 e. The number of hydrogen-bond acceptors (Lipinski definition) is 2. The molecule has 0 bridgehead atoms. The van der Waals surface area contributed by atoms with Gasteiger partial charge in [-0.25, -0.2) is 0 Å². The molecular formula is C15H25NO. The standard InChI is InChI=1S/C15H25NO/c1-4-14-8-10-15(11-9-14)17-12-6-5-7-13(2)16-3/h8-11,13,16H,4-7,12H2,1-3H3. The Labute approximate surface area is 105 Å². The highest BCUT2D eigenvalue weighted by Gasteiger charge is 1.98. The van der Waals surface area contributed by atoms with Gasteiger partial charge in [0, 0.05) is 6.04 Å². The van der Waals surface area contributed by atoms with E-state index in [1.165, 1.54) is 18.4 Å². The van der Waals surface area contributed by atoms with E-state index in [-0.39, 0.29) is 0 Å². The number of hydrogen-bond donors (Lipinski definition) is 1. The van der Waals surface area contributed by atoms with Crippen LogP contribution in [0.5, 0.6) is 5.75 Å². The molecule has 0 aromatic heterocycles. The maximum atomic E-state index is 5.70. The monoisotopic (exact) mass is 235 g/mol. The van der Waals surface area contributed by atoms with Gasteiger partial charge in [-0.05, 0) is 57.4 Å². The molecule has 0 heterocycles. The van der Waals surface area contributed by atoms with Crippen LogP contribution in [0.2, 0.25) is 0 Å². The molecule has 0 aliphatic heterocycles. The van der Waals surface area contributed by atoms with Crippen LogP contribution in [0.4, 0.5) is 0 Å². The van der Waals surface area contributed by atoms with Crippen molar-refractivity contribution in [3.63, 3.8) is 0 Å². The summed E-state index contributed by atoms with van der Waals surface area (Å²) in [7, 11) is 2.01. The Morgan fingerprint density at radius 3 is 2.47 bits per heavy atom. The maximum Gasteiger partial charge on any atom is 0.119 e. The zero-order valence-corrected chi connectivity index (χ0v) is 11.3. The van der Waals surface area contributed by atoms with Gasteiger partial charge in [-0.2, -0.15) is 0 Å². The molecule has 1 aromatic carbocycles. The lowest BCUT2D eigenvalue weighted by Gasteiger charge is -2.10. The summed E-state index contributed by atoms with van der Waals surface area (Å²) in [6, 6.07) is 9.01. The Kier molecular flexibility index (Phi) is 6.71. The molecule has 0 amide bonds. The second kappa shape index (κ2) is 8.13. The second-order valence-corrected chi connectivity index (χ2v) is 4.53. The fourth-order valence-corrected chi connectivity index (χ4v) is 1.71. The van der Waals surface area contributed by atoms with Crippen LogP contribution in [0.15, 0.2) is 24.3 Å². The van der Waals surface area contributed by atoms with Crippen molar-refractivity contribution < 1.29 is 4.74 Å². The summed E-state index contributed by atoms with van der Waals surface area (Å²) in [6.07, 6.45) is 4.65. The Morgan fingerprint density at radius 2 is 1.88 bits per heavy atom. The Bertz CT molecular complexity index is 294. The molecule has 96 valence electrons. The predicted molar refractivity (Wildman–Crippen MR) is 73.7 cm³/mol. The van der Waals surface area contributed by atoms with Gasteiger partial charge in [0.05, 0.1) is 6.61 Å². The molecule has 0 aliphatic carbocycles. The van der Waals surface area contributed by atoms with Gasteiger partial charge < -0.3 is 10.1 Å². The SMILES string of the molecule is CCc1ccc(OCCCCC(C)NC)cc1. The number of ether oxygens (including phenoxy) is 1. The second-order valence-electron chi connectivity index (χ2n) is 4.53. The first-order chi connectivity index (χ1) is 8.26. The third-order valence-electron chi connectivity index (χ3n) is 3.12. The molecule has 0 saturated carbocycles. The number of benzene rings is 1. The summed E-state index contributed by atoms with van der Waals surface area (Å²) in [5.41, 5.74) is 1.36. The van der Waals surface area contributed by atoms with Crippen LogP contribution in [0.1, 0.15) is 38.7 Å². The third kappa shape index (κ3) is 5.73. The van der Waals surface area contributed by atoms with E-state index in [1.54, 1.807) is 0 Å². The van der Waals surface area contributed by atoms with Crippen LogP contribution in [0.3, 0.4) is 0 Å². The van der Waals surface area contributed by atoms with Crippen LogP contribution in [0, 0.1) is 0 Å². The highest BCUT2D eigenvalue weighted by Crippen LogP contribution is 2.13. The van der Waals surface area contributed by atoms with E-state index in [9.17, 15) is 0 Å². The molecule has 0 radical (unpaired) electrons. The Morgan fingerprint density at radius 1 is 1.18 bits per heavy atom. The molecule has 1 aromatic rings. The summed E-state index contributed by atoms with van der Waals surface area (Å²) in [5, 5.41) is 3.25. The van der Waals surface area contributed by atoms with E-state index in [0.717, 1.165) is 25.2 Å². The van der Waals surface area contributed by atoms with Gasteiger partial charge in [0.25, 0.3) is 0 Å². The quantitative estimate of drug-likeness (QED) is 0.697. The van der Waals surface area contributed by atoms with Crippen molar-refractivity contribution in [3.8, 4) is 5.75 Å². The van der Waals surface area contributed by atoms with Crippen molar-refractivity contribution >= 4 is 0 Å². The fraction of sp³-hybridized carbons (Fsp3) is 0.600.